The lowest BCUT2D eigenvalue weighted by Crippen LogP contribution is -2.39. The number of hydrogen-bond acceptors (Lipinski definition) is 3. The Hall–Kier alpha value is -2.37. The molecule has 28 heavy (non-hydrogen) atoms. The predicted octanol–water partition coefficient (Wildman–Crippen LogP) is 4.57. The smallest absolute Gasteiger partial charge is 0.255 e. The number of likely N-dealkylation sites (tertiary alicyclic amines) is 1. The van der Waals surface area contributed by atoms with E-state index in [0.717, 1.165) is 30.8 Å². The van der Waals surface area contributed by atoms with Crippen LogP contribution in [-0.4, -0.2) is 36.3 Å². The van der Waals surface area contributed by atoms with E-state index in [0.29, 0.717) is 28.7 Å². The van der Waals surface area contributed by atoms with Gasteiger partial charge in [0.05, 0.1) is 6.54 Å². The zero-order chi connectivity index (χ0) is 20.1. The van der Waals surface area contributed by atoms with Crippen molar-refractivity contribution in [1.82, 2.24) is 4.90 Å². The molecule has 3 rings (SSSR count). The molecule has 0 saturated carbocycles. The number of hydrogen-bond donors (Lipinski definition) is 2. The molecule has 1 saturated heterocycles. The second-order valence-corrected chi connectivity index (χ2v) is 7.96. The zero-order valence-corrected chi connectivity index (χ0v) is 17.1. The molecule has 2 aromatic rings. The Morgan fingerprint density at radius 1 is 1.18 bits per heavy atom. The summed E-state index contributed by atoms with van der Waals surface area (Å²) < 4.78 is 0. The quantitative estimate of drug-likeness (QED) is 0.774. The molecule has 2 N–H and O–H groups in total. The van der Waals surface area contributed by atoms with Crippen molar-refractivity contribution in [2.75, 3.05) is 30.3 Å². The Balaban J connectivity index is 1.59. The molecule has 2 aromatic carbocycles. The molecule has 0 spiro atoms. The maximum Gasteiger partial charge on any atom is 0.255 e. The monoisotopic (exact) mass is 399 g/mol. The molecule has 1 aliphatic heterocycles. The largest absolute Gasteiger partial charge is 0.325 e. The van der Waals surface area contributed by atoms with Crippen LogP contribution in [0.5, 0.6) is 0 Å². The molecule has 6 heteroatoms. The first-order valence-electron chi connectivity index (χ1n) is 9.60. The number of aryl methyl sites for hydroxylation is 1. The van der Waals surface area contributed by atoms with Crippen LogP contribution in [0.15, 0.2) is 42.5 Å². The predicted molar refractivity (Wildman–Crippen MR) is 114 cm³/mol. The highest BCUT2D eigenvalue weighted by Crippen LogP contribution is 2.21. The van der Waals surface area contributed by atoms with Crippen molar-refractivity contribution in [3.63, 3.8) is 0 Å². The van der Waals surface area contributed by atoms with Crippen molar-refractivity contribution in [3.8, 4) is 0 Å². The number of nitrogens with zero attached hydrogens (tertiary/aromatic N) is 1. The SMILES string of the molecule is Cc1cc(NC(=O)c2cccc(Cl)c2)ccc1NC(=O)CN1CCC[C@H](C)C1. The summed E-state index contributed by atoms with van der Waals surface area (Å²) in [6.07, 6.45) is 2.38. The van der Waals surface area contributed by atoms with Gasteiger partial charge in [-0.05, 0) is 74.2 Å². The highest BCUT2D eigenvalue weighted by atomic mass is 35.5. The van der Waals surface area contributed by atoms with Gasteiger partial charge >= 0.3 is 0 Å². The van der Waals surface area contributed by atoms with Gasteiger partial charge in [0.15, 0.2) is 0 Å². The summed E-state index contributed by atoms with van der Waals surface area (Å²) in [5, 5.41) is 6.36. The summed E-state index contributed by atoms with van der Waals surface area (Å²) in [4.78, 5) is 26.9. The molecule has 0 aromatic heterocycles. The van der Waals surface area contributed by atoms with Crippen molar-refractivity contribution < 1.29 is 9.59 Å². The number of piperidine rings is 1. The lowest BCUT2D eigenvalue weighted by molar-refractivity contribution is -0.117. The van der Waals surface area contributed by atoms with Gasteiger partial charge in [0, 0.05) is 28.5 Å². The summed E-state index contributed by atoms with van der Waals surface area (Å²) in [5.41, 5.74) is 2.82. The van der Waals surface area contributed by atoms with Gasteiger partial charge in [-0.1, -0.05) is 24.6 Å². The molecule has 1 aliphatic rings. The fourth-order valence-electron chi connectivity index (χ4n) is 3.54. The molecule has 0 unspecified atom stereocenters. The van der Waals surface area contributed by atoms with Crippen LogP contribution in [0, 0.1) is 12.8 Å². The summed E-state index contributed by atoms with van der Waals surface area (Å²) in [7, 11) is 0. The lowest BCUT2D eigenvalue weighted by Gasteiger charge is -2.30. The number of nitrogens with one attached hydrogen (secondary N) is 2. The van der Waals surface area contributed by atoms with Gasteiger partial charge in [0.25, 0.3) is 5.91 Å². The van der Waals surface area contributed by atoms with Crippen LogP contribution in [0.1, 0.15) is 35.7 Å². The molecule has 0 radical (unpaired) electrons. The molecule has 1 fully saturated rings. The fourth-order valence-corrected chi connectivity index (χ4v) is 3.73. The Morgan fingerprint density at radius 2 is 2.00 bits per heavy atom. The van der Waals surface area contributed by atoms with Gasteiger partial charge in [0.1, 0.15) is 0 Å². The summed E-state index contributed by atoms with van der Waals surface area (Å²) in [5.74, 6) is 0.413. The molecule has 0 bridgehead atoms. The van der Waals surface area contributed by atoms with Crippen LogP contribution < -0.4 is 10.6 Å². The van der Waals surface area contributed by atoms with Crippen molar-refractivity contribution >= 4 is 34.8 Å². The highest BCUT2D eigenvalue weighted by molar-refractivity contribution is 6.31. The molecule has 1 heterocycles. The zero-order valence-electron chi connectivity index (χ0n) is 16.3. The van der Waals surface area contributed by atoms with Crippen molar-refractivity contribution in [1.29, 1.82) is 0 Å². The Kier molecular flexibility index (Phi) is 6.70. The Labute approximate surface area is 171 Å². The topological polar surface area (TPSA) is 61.4 Å². The third-order valence-electron chi connectivity index (χ3n) is 4.95. The van der Waals surface area contributed by atoms with Gasteiger partial charge in [-0.15, -0.1) is 0 Å². The second kappa shape index (κ2) is 9.22. The fraction of sp³-hybridized carbons (Fsp3) is 0.364. The lowest BCUT2D eigenvalue weighted by atomic mass is 10.0. The van der Waals surface area contributed by atoms with Crippen molar-refractivity contribution in [2.45, 2.75) is 26.7 Å². The number of halogens is 1. The molecule has 148 valence electrons. The molecule has 2 amide bonds. The maximum atomic E-state index is 12.4. The average Bonchev–Trinajstić information content (AvgIpc) is 2.64. The summed E-state index contributed by atoms with van der Waals surface area (Å²) in [6.45, 7) is 6.50. The average molecular weight is 400 g/mol. The molecule has 1 atom stereocenters. The summed E-state index contributed by atoms with van der Waals surface area (Å²) in [6, 6.07) is 12.3. The number of benzene rings is 2. The third kappa shape index (κ3) is 5.57. The van der Waals surface area contributed by atoms with Gasteiger partial charge in [-0.25, -0.2) is 0 Å². The van der Waals surface area contributed by atoms with E-state index in [1.807, 2.05) is 19.1 Å². The number of carbonyl (C=O) groups excluding carboxylic acids is 2. The number of amides is 2. The molecular formula is C22H26ClN3O2. The first kappa shape index (κ1) is 20.4. The molecular weight excluding hydrogens is 374 g/mol. The van der Waals surface area contributed by atoms with E-state index in [-0.39, 0.29) is 11.8 Å². The van der Waals surface area contributed by atoms with Crippen LogP contribution in [-0.2, 0) is 4.79 Å². The summed E-state index contributed by atoms with van der Waals surface area (Å²) >= 11 is 5.94. The minimum absolute atomic E-state index is 0.00656. The van der Waals surface area contributed by atoms with E-state index in [2.05, 4.69) is 22.5 Å². The first-order chi connectivity index (χ1) is 13.4. The van der Waals surface area contributed by atoms with Gasteiger partial charge in [-0.2, -0.15) is 0 Å². The highest BCUT2D eigenvalue weighted by Gasteiger charge is 2.19. The van der Waals surface area contributed by atoms with E-state index < -0.39 is 0 Å². The van der Waals surface area contributed by atoms with E-state index in [1.165, 1.54) is 6.42 Å². The van der Waals surface area contributed by atoms with Crippen LogP contribution in [0.25, 0.3) is 0 Å². The van der Waals surface area contributed by atoms with E-state index in [1.54, 1.807) is 30.3 Å². The standard InChI is InChI=1S/C22H26ClN3O2/c1-15-5-4-10-26(13-15)14-21(27)25-20-9-8-19(11-16(20)2)24-22(28)17-6-3-7-18(23)12-17/h3,6-9,11-12,15H,4-5,10,13-14H2,1-2H3,(H,24,28)(H,25,27)/t15-/m0/s1. The Morgan fingerprint density at radius 3 is 2.71 bits per heavy atom. The third-order valence-corrected chi connectivity index (χ3v) is 5.19. The second-order valence-electron chi connectivity index (χ2n) is 7.52. The van der Waals surface area contributed by atoms with Crippen LogP contribution in [0.4, 0.5) is 11.4 Å². The Bertz CT molecular complexity index is 869. The minimum atomic E-state index is -0.224. The van der Waals surface area contributed by atoms with Gasteiger partial charge in [-0.3, -0.25) is 14.5 Å². The minimum Gasteiger partial charge on any atom is -0.325 e. The van der Waals surface area contributed by atoms with Gasteiger partial charge in [0.2, 0.25) is 5.91 Å². The number of carbonyl (C=O) groups is 2. The number of rotatable bonds is 5. The normalized spacial score (nSPS) is 17.2. The van der Waals surface area contributed by atoms with E-state index >= 15 is 0 Å². The van der Waals surface area contributed by atoms with Crippen LogP contribution in [0.2, 0.25) is 5.02 Å². The van der Waals surface area contributed by atoms with Crippen molar-refractivity contribution in [3.05, 3.63) is 58.6 Å². The molecule has 0 aliphatic carbocycles. The van der Waals surface area contributed by atoms with Crippen molar-refractivity contribution in [2.24, 2.45) is 5.92 Å². The maximum absolute atomic E-state index is 12.4. The molecule has 5 nitrogen and oxygen atoms in total. The number of anilines is 2. The van der Waals surface area contributed by atoms with E-state index in [4.69, 9.17) is 11.6 Å². The van der Waals surface area contributed by atoms with Crippen LogP contribution in [0.3, 0.4) is 0 Å². The van der Waals surface area contributed by atoms with Crippen LogP contribution >= 0.6 is 11.6 Å². The van der Waals surface area contributed by atoms with Gasteiger partial charge < -0.3 is 10.6 Å². The van der Waals surface area contributed by atoms with E-state index in [9.17, 15) is 9.59 Å². The first-order valence-corrected chi connectivity index (χ1v) is 9.98.